The van der Waals surface area contributed by atoms with E-state index in [1.165, 1.54) is 0 Å². The molecule has 3 N–H and O–H groups in total. The standard InChI is InChI=1S/C9H8N2.C2H4O2/c10-8-4-3-7-2-1-5-11-9(7)6-8;1-2(3)4/h1-6H,10H2;1H3,(H,3,4). The van der Waals surface area contributed by atoms with E-state index in [9.17, 15) is 0 Å². The third-order valence-electron chi connectivity index (χ3n) is 1.63. The maximum atomic E-state index is 9.00. The molecule has 15 heavy (non-hydrogen) atoms. The molecular formula is C11H12N2O2. The van der Waals surface area contributed by atoms with Crippen molar-refractivity contribution in [1.82, 2.24) is 4.98 Å². The van der Waals surface area contributed by atoms with Gasteiger partial charge >= 0.3 is 0 Å². The number of nitrogens with two attached hydrogens (primary N) is 1. The van der Waals surface area contributed by atoms with Gasteiger partial charge in [-0.3, -0.25) is 9.78 Å². The van der Waals surface area contributed by atoms with Gasteiger partial charge in [0.05, 0.1) is 5.52 Å². The van der Waals surface area contributed by atoms with Crippen molar-refractivity contribution in [3.05, 3.63) is 36.5 Å². The highest BCUT2D eigenvalue weighted by atomic mass is 16.4. The van der Waals surface area contributed by atoms with Crippen LogP contribution in [0.5, 0.6) is 0 Å². The van der Waals surface area contributed by atoms with Crippen LogP contribution in [-0.4, -0.2) is 16.1 Å². The molecule has 4 nitrogen and oxygen atoms in total. The molecule has 0 aliphatic carbocycles. The van der Waals surface area contributed by atoms with Crippen LogP contribution in [0, 0.1) is 0 Å². The van der Waals surface area contributed by atoms with E-state index in [2.05, 4.69) is 4.98 Å². The molecule has 4 heteroatoms. The van der Waals surface area contributed by atoms with E-state index in [0.717, 1.165) is 23.5 Å². The van der Waals surface area contributed by atoms with Gasteiger partial charge in [0.25, 0.3) is 5.97 Å². The Hall–Kier alpha value is -2.10. The number of hydrogen-bond donors (Lipinski definition) is 2. The Morgan fingerprint density at radius 1 is 1.40 bits per heavy atom. The quantitative estimate of drug-likeness (QED) is 0.642. The predicted molar refractivity (Wildman–Crippen MR) is 59.5 cm³/mol. The average Bonchev–Trinajstić information content (AvgIpc) is 2.16. The number of carboxylic acid groups (broad SMARTS) is 1. The van der Waals surface area contributed by atoms with E-state index in [0.29, 0.717) is 0 Å². The molecular weight excluding hydrogens is 192 g/mol. The molecule has 2 rings (SSSR count). The van der Waals surface area contributed by atoms with Crippen molar-refractivity contribution in [3.63, 3.8) is 0 Å². The third-order valence-corrected chi connectivity index (χ3v) is 1.63. The van der Waals surface area contributed by atoms with Crippen LogP contribution >= 0.6 is 0 Å². The van der Waals surface area contributed by atoms with E-state index >= 15 is 0 Å². The summed E-state index contributed by atoms with van der Waals surface area (Å²) in [4.78, 5) is 13.2. The summed E-state index contributed by atoms with van der Waals surface area (Å²) < 4.78 is 0. The smallest absolute Gasteiger partial charge is 0.300 e. The lowest BCUT2D eigenvalue weighted by Gasteiger charge is -1.95. The van der Waals surface area contributed by atoms with Gasteiger partial charge in [0.15, 0.2) is 0 Å². The highest BCUT2D eigenvalue weighted by Crippen LogP contribution is 2.13. The fourth-order valence-corrected chi connectivity index (χ4v) is 1.08. The number of aliphatic carboxylic acids is 1. The van der Waals surface area contributed by atoms with Crippen LogP contribution in [-0.2, 0) is 4.79 Å². The highest BCUT2D eigenvalue weighted by molar-refractivity contribution is 5.81. The maximum Gasteiger partial charge on any atom is 0.300 e. The van der Waals surface area contributed by atoms with Gasteiger partial charge in [-0.15, -0.1) is 0 Å². The molecule has 0 radical (unpaired) electrons. The number of nitrogens with zero attached hydrogens (tertiary/aromatic N) is 1. The summed E-state index contributed by atoms with van der Waals surface area (Å²) in [6.07, 6.45) is 1.77. The van der Waals surface area contributed by atoms with Crippen LogP contribution < -0.4 is 5.73 Å². The zero-order chi connectivity index (χ0) is 11.3. The molecule has 0 saturated carbocycles. The van der Waals surface area contributed by atoms with Gasteiger partial charge in [-0.1, -0.05) is 12.1 Å². The van der Waals surface area contributed by atoms with Crippen molar-refractivity contribution in [2.75, 3.05) is 5.73 Å². The molecule has 1 heterocycles. The maximum absolute atomic E-state index is 9.00. The summed E-state index contributed by atoms with van der Waals surface area (Å²) in [6.45, 7) is 1.08. The first-order valence-corrected chi connectivity index (χ1v) is 4.39. The fraction of sp³-hybridized carbons (Fsp3) is 0.0909. The van der Waals surface area contributed by atoms with Crippen LogP contribution in [0.1, 0.15) is 6.92 Å². The first kappa shape index (κ1) is 11.0. The van der Waals surface area contributed by atoms with Gasteiger partial charge in [0.2, 0.25) is 0 Å². The summed E-state index contributed by atoms with van der Waals surface area (Å²) in [5.41, 5.74) is 7.30. The van der Waals surface area contributed by atoms with Crippen molar-refractivity contribution in [1.29, 1.82) is 0 Å². The number of aromatic nitrogens is 1. The minimum Gasteiger partial charge on any atom is -0.481 e. The summed E-state index contributed by atoms with van der Waals surface area (Å²) in [6, 6.07) is 9.65. The van der Waals surface area contributed by atoms with Crippen molar-refractivity contribution >= 4 is 22.6 Å². The molecule has 78 valence electrons. The van der Waals surface area contributed by atoms with Crippen LogP contribution in [0.15, 0.2) is 36.5 Å². The number of benzene rings is 1. The van der Waals surface area contributed by atoms with Gasteiger partial charge in [0.1, 0.15) is 0 Å². The Kier molecular flexibility index (Phi) is 3.62. The predicted octanol–water partition coefficient (Wildman–Crippen LogP) is 1.91. The third kappa shape index (κ3) is 3.64. The minimum atomic E-state index is -0.833. The molecule has 0 unspecified atom stereocenters. The molecule has 0 aliphatic rings. The Bertz CT molecular complexity index is 465. The Morgan fingerprint density at radius 3 is 2.73 bits per heavy atom. The Morgan fingerprint density at radius 2 is 2.07 bits per heavy atom. The molecule has 1 aromatic heterocycles. The van der Waals surface area contributed by atoms with Gasteiger partial charge < -0.3 is 10.8 Å². The summed E-state index contributed by atoms with van der Waals surface area (Å²) >= 11 is 0. The topological polar surface area (TPSA) is 76.2 Å². The number of pyridine rings is 1. The second-order valence-corrected chi connectivity index (χ2v) is 2.97. The largest absolute Gasteiger partial charge is 0.481 e. The molecule has 0 spiro atoms. The van der Waals surface area contributed by atoms with E-state index in [1.54, 1.807) is 6.20 Å². The van der Waals surface area contributed by atoms with Crippen molar-refractivity contribution in [3.8, 4) is 0 Å². The molecule has 0 amide bonds. The summed E-state index contributed by atoms with van der Waals surface area (Å²) in [5.74, 6) is -0.833. The number of fused-ring (bicyclic) bond motifs is 1. The number of hydrogen-bond acceptors (Lipinski definition) is 3. The number of rotatable bonds is 0. The van der Waals surface area contributed by atoms with E-state index in [-0.39, 0.29) is 0 Å². The minimum absolute atomic E-state index is 0.760. The summed E-state index contributed by atoms with van der Waals surface area (Å²) in [5, 5.41) is 8.54. The SMILES string of the molecule is CC(=O)O.Nc1ccc2cccnc2c1. The highest BCUT2D eigenvalue weighted by Gasteiger charge is 1.91. The van der Waals surface area contributed by atoms with Gasteiger partial charge in [-0.05, 0) is 18.2 Å². The monoisotopic (exact) mass is 204 g/mol. The number of anilines is 1. The second kappa shape index (κ2) is 4.95. The van der Waals surface area contributed by atoms with Gasteiger partial charge in [-0.25, -0.2) is 0 Å². The lowest BCUT2D eigenvalue weighted by molar-refractivity contribution is -0.134. The van der Waals surface area contributed by atoms with E-state index in [1.807, 2.05) is 30.3 Å². The number of nitrogen functional groups attached to an aromatic ring is 1. The number of carboxylic acids is 1. The number of carbonyl (C=O) groups is 1. The van der Waals surface area contributed by atoms with Crippen molar-refractivity contribution in [2.24, 2.45) is 0 Å². The lowest BCUT2D eigenvalue weighted by Crippen LogP contribution is -1.84. The second-order valence-electron chi connectivity index (χ2n) is 2.97. The van der Waals surface area contributed by atoms with Gasteiger partial charge in [-0.2, -0.15) is 0 Å². The molecule has 0 saturated heterocycles. The van der Waals surface area contributed by atoms with E-state index < -0.39 is 5.97 Å². The molecule has 0 aliphatic heterocycles. The zero-order valence-corrected chi connectivity index (χ0v) is 8.34. The molecule has 1 aromatic carbocycles. The normalized spacial score (nSPS) is 9.13. The molecule has 0 bridgehead atoms. The first-order valence-electron chi connectivity index (χ1n) is 4.39. The first-order chi connectivity index (χ1) is 7.09. The van der Waals surface area contributed by atoms with Crippen LogP contribution in [0.25, 0.3) is 10.9 Å². The fourth-order valence-electron chi connectivity index (χ4n) is 1.08. The van der Waals surface area contributed by atoms with Crippen molar-refractivity contribution < 1.29 is 9.90 Å². The molecule has 2 aromatic rings. The van der Waals surface area contributed by atoms with Crippen molar-refractivity contribution in [2.45, 2.75) is 6.92 Å². The Balaban J connectivity index is 0.000000245. The van der Waals surface area contributed by atoms with Crippen LogP contribution in [0.2, 0.25) is 0 Å². The average molecular weight is 204 g/mol. The summed E-state index contributed by atoms with van der Waals surface area (Å²) in [7, 11) is 0. The molecule has 0 fully saturated rings. The zero-order valence-electron chi connectivity index (χ0n) is 8.34. The van der Waals surface area contributed by atoms with Gasteiger partial charge in [0, 0.05) is 24.2 Å². The van der Waals surface area contributed by atoms with E-state index in [4.69, 9.17) is 15.6 Å². The lowest BCUT2D eigenvalue weighted by atomic mass is 10.2. The van der Waals surface area contributed by atoms with Crippen LogP contribution in [0.4, 0.5) is 5.69 Å². The van der Waals surface area contributed by atoms with Crippen LogP contribution in [0.3, 0.4) is 0 Å². The molecule has 0 atom stereocenters. The Labute approximate surface area is 87.4 Å².